The van der Waals surface area contributed by atoms with Crippen molar-refractivity contribution in [1.82, 2.24) is 0 Å². The smallest absolute Gasteiger partial charge is 0.332 e. The van der Waals surface area contributed by atoms with Gasteiger partial charge in [0.1, 0.15) is 22.5 Å². The summed E-state index contributed by atoms with van der Waals surface area (Å²) in [4.78, 5) is 11.7. The van der Waals surface area contributed by atoms with Crippen molar-refractivity contribution >= 4 is 52.6 Å². The first-order valence-electron chi connectivity index (χ1n) is 6.63. The van der Waals surface area contributed by atoms with Crippen LogP contribution in [0.1, 0.15) is 31.7 Å². The number of benzene rings is 1. The standard InChI is InChI=1S/C15H18Cl4O3/c1-15(2,11(16)8-12(17)18)13(14(20)22-19)9-6-4-5-7-10(9)21-3/h4-7,11-13H,8H2,1-3H3. The molecule has 0 radical (unpaired) electrons. The van der Waals surface area contributed by atoms with Gasteiger partial charge in [-0.3, -0.25) is 0 Å². The third-order valence-electron chi connectivity index (χ3n) is 3.70. The summed E-state index contributed by atoms with van der Waals surface area (Å²) in [7, 11) is 1.53. The zero-order valence-electron chi connectivity index (χ0n) is 12.5. The fraction of sp³-hybridized carbons (Fsp3) is 0.533. The second-order valence-corrected chi connectivity index (χ2v) is 7.45. The van der Waals surface area contributed by atoms with Crippen molar-refractivity contribution in [3.05, 3.63) is 29.8 Å². The van der Waals surface area contributed by atoms with Crippen LogP contribution in [0.4, 0.5) is 0 Å². The summed E-state index contributed by atoms with van der Waals surface area (Å²) in [6, 6.07) is 7.15. The number of carbonyl (C=O) groups is 1. The van der Waals surface area contributed by atoms with Gasteiger partial charge in [-0.05, 0) is 17.9 Å². The van der Waals surface area contributed by atoms with E-state index < -0.39 is 27.5 Å². The lowest BCUT2D eigenvalue weighted by Gasteiger charge is -2.37. The highest BCUT2D eigenvalue weighted by atomic mass is 35.5. The number of carbonyl (C=O) groups excluding carboxylic acids is 1. The number of methoxy groups -OCH3 is 1. The van der Waals surface area contributed by atoms with Gasteiger partial charge in [0.25, 0.3) is 0 Å². The van der Waals surface area contributed by atoms with E-state index in [1.807, 2.05) is 19.9 Å². The molecule has 0 aromatic heterocycles. The zero-order chi connectivity index (χ0) is 16.9. The Bertz CT molecular complexity index is 505. The van der Waals surface area contributed by atoms with E-state index >= 15 is 0 Å². The molecule has 2 atom stereocenters. The van der Waals surface area contributed by atoms with Crippen LogP contribution in [0.5, 0.6) is 5.75 Å². The summed E-state index contributed by atoms with van der Waals surface area (Å²) in [6.45, 7) is 3.68. The molecule has 22 heavy (non-hydrogen) atoms. The van der Waals surface area contributed by atoms with Gasteiger partial charge in [0.05, 0.1) is 13.0 Å². The van der Waals surface area contributed by atoms with Crippen LogP contribution in [0, 0.1) is 5.41 Å². The largest absolute Gasteiger partial charge is 0.496 e. The maximum atomic E-state index is 12.3. The minimum absolute atomic E-state index is 0.318. The fourth-order valence-corrected chi connectivity index (χ4v) is 3.35. The van der Waals surface area contributed by atoms with Gasteiger partial charge in [0.15, 0.2) is 0 Å². The van der Waals surface area contributed by atoms with E-state index in [1.165, 1.54) is 7.11 Å². The van der Waals surface area contributed by atoms with Crippen molar-refractivity contribution in [1.29, 1.82) is 0 Å². The topological polar surface area (TPSA) is 35.5 Å². The van der Waals surface area contributed by atoms with E-state index in [-0.39, 0.29) is 0 Å². The van der Waals surface area contributed by atoms with Gasteiger partial charge in [-0.2, -0.15) is 0 Å². The molecule has 1 rings (SSSR count). The van der Waals surface area contributed by atoms with E-state index in [9.17, 15) is 4.79 Å². The Morgan fingerprint density at radius 3 is 2.32 bits per heavy atom. The van der Waals surface area contributed by atoms with Gasteiger partial charge in [0, 0.05) is 10.9 Å². The van der Waals surface area contributed by atoms with Crippen molar-refractivity contribution in [3.63, 3.8) is 0 Å². The average Bonchev–Trinajstić information content (AvgIpc) is 2.46. The highest BCUT2D eigenvalue weighted by molar-refractivity contribution is 6.44. The van der Waals surface area contributed by atoms with E-state index in [0.29, 0.717) is 17.7 Å². The number of para-hydroxylation sites is 1. The Kier molecular flexibility index (Phi) is 7.60. The van der Waals surface area contributed by atoms with Crippen molar-refractivity contribution < 1.29 is 13.8 Å². The van der Waals surface area contributed by atoms with Crippen LogP contribution in [0.3, 0.4) is 0 Å². The van der Waals surface area contributed by atoms with Crippen LogP contribution in [-0.4, -0.2) is 23.3 Å². The second-order valence-electron chi connectivity index (χ2n) is 5.49. The number of rotatable bonds is 7. The van der Waals surface area contributed by atoms with Crippen LogP contribution in [0.25, 0.3) is 0 Å². The maximum Gasteiger partial charge on any atom is 0.332 e. The molecule has 0 aliphatic carbocycles. The zero-order valence-corrected chi connectivity index (χ0v) is 15.5. The molecule has 0 amide bonds. The van der Waals surface area contributed by atoms with Crippen molar-refractivity contribution in [3.8, 4) is 5.75 Å². The molecular formula is C15H18Cl4O3. The second kappa shape index (κ2) is 8.49. The summed E-state index contributed by atoms with van der Waals surface area (Å²) >= 11 is 23.4. The molecule has 0 saturated carbocycles. The molecule has 0 aliphatic heterocycles. The number of halogens is 4. The van der Waals surface area contributed by atoms with Gasteiger partial charge in [-0.1, -0.05) is 32.0 Å². The lowest BCUT2D eigenvalue weighted by atomic mass is 9.71. The Morgan fingerprint density at radius 2 is 1.82 bits per heavy atom. The number of hydrogen-bond donors (Lipinski definition) is 0. The normalized spacial score (nSPS) is 14.5. The predicted octanol–water partition coefficient (Wildman–Crippen LogP) is 5.30. The molecule has 0 bridgehead atoms. The molecule has 0 aliphatic rings. The lowest BCUT2D eigenvalue weighted by molar-refractivity contribution is -0.138. The molecule has 1 aromatic rings. The molecule has 2 unspecified atom stereocenters. The number of ether oxygens (including phenoxy) is 1. The summed E-state index contributed by atoms with van der Waals surface area (Å²) in [5, 5.41) is -0.474. The lowest BCUT2D eigenvalue weighted by Crippen LogP contribution is -2.37. The third-order valence-corrected chi connectivity index (χ3v) is 4.95. The van der Waals surface area contributed by atoms with Crippen LogP contribution in [0.15, 0.2) is 24.3 Å². The molecule has 1 aromatic carbocycles. The predicted molar refractivity (Wildman–Crippen MR) is 91.2 cm³/mol. The van der Waals surface area contributed by atoms with E-state index in [1.54, 1.807) is 18.2 Å². The van der Waals surface area contributed by atoms with Gasteiger partial charge in [-0.25, -0.2) is 4.79 Å². The molecule has 7 heteroatoms. The summed E-state index contributed by atoms with van der Waals surface area (Å²) in [5.74, 6) is -0.780. The van der Waals surface area contributed by atoms with Crippen molar-refractivity contribution in [2.45, 2.75) is 36.4 Å². The highest BCUT2D eigenvalue weighted by Gasteiger charge is 2.44. The Morgan fingerprint density at radius 1 is 1.23 bits per heavy atom. The Hall–Kier alpha value is -0.350. The SMILES string of the molecule is COc1ccccc1C(C(=O)OCl)C(C)(C)C(Cl)CC(Cl)Cl. The summed E-state index contributed by atoms with van der Waals surface area (Å²) in [5.41, 5.74) is -0.0727. The van der Waals surface area contributed by atoms with E-state index in [0.717, 1.165) is 0 Å². The molecule has 0 fully saturated rings. The number of hydrogen-bond acceptors (Lipinski definition) is 3. The summed E-state index contributed by atoms with van der Waals surface area (Å²) < 4.78 is 9.79. The van der Waals surface area contributed by atoms with E-state index in [2.05, 4.69) is 4.29 Å². The van der Waals surface area contributed by atoms with Crippen LogP contribution in [0.2, 0.25) is 0 Å². The quantitative estimate of drug-likeness (QED) is 0.595. The fourth-order valence-electron chi connectivity index (χ4n) is 2.42. The Balaban J connectivity index is 3.31. The first kappa shape index (κ1) is 19.7. The van der Waals surface area contributed by atoms with Gasteiger partial charge >= 0.3 is 5.97 Å². The monoisotopic (exact) mass is 386 g/mol. The minimum atomic E-state index is -0.726. The molecule has 0 heterocycles. The molecule has 0 N–H and O–H groups in total. The molecule has 3 nitrogen and oxygen atoms in total. The third kappa shape index (κ3) is 4.58. The maximum absolute atomic E-state index is 12.3. The van der Waals surface area contributed by atoms with Crippen LogP contribution < -0.4 is 4.74 Å². The highest BCUT2D eigenvalue weighted by Crippen LogP contribution is 2.46. The first-order valence-corrected chi connectivity index (χ1v) is 8.25. The van der Waals surface area contributed by atoms with E-state index in [4.69, 9.17) is 51.4 Å². The van der Waals surface area contributed by atoms with Crippen molar-refractivity contribution in [2.75, 3.05) is 7.11 Å². The van der Waals surface area contributed by atoms with Crippen LogP contribution in [-0.2, 0) is 9.08 Å². The number of alkyl halides is 3. The van der Waals surface area contributed by atoms with Gasteiger partial charge in [-0.15, -0.1) is 34.8 Å². The van der Waals surface area contributed by atoms with Crippen LogP contribution >= 0.6 is 46.7 Å². The summed E-state index contributed by atoms with van der Waals surface area (Å²) in [6.07, 6.45) is 0.318. The minimum Gasteiger partial charge on any atom is -0.496 e. The Labute approximate surface area is 150 Å². The first-order chi connectivity index (χ1) is 10.3. The average molecular weight is 388 g/mol. The molecular weight excluding hydrogens is 370 g/mol. The van der Waals surface area contributed by atoms with Gasteiger partial charge < -0.3 is 9.03 Å². The molecule has 124 valence electrons. The van der Waals surface area contributed by atoms with Crippen molar-refractivity contribution in [2.24, 2.45) is 5.41 Å². The molecule has 0 spiro atoms. The molecule has 0 saturated heterocycles. The van der Waals surface area contributed by atoms with Gasteiger partial charge in [0.2, 0.25) is 0 Å².